The molecular weight excluding hydrogens is 334 g/mol. The molecule has 1 aromatic heterocycles. The number of carbonyl (C=O) groups is 1. The topological polar surface area (TPSA) is 83.7 Å². The summed E-state index contributed by atoms with van der Waals surface area (Å²) in [5.74, 6) is 2.02. The zero-order chi connectivity index (χ0) is 18.4. The molecule has 3 rings (SSSR count). The minimum Gasteiger partial charge on any atom is -0.379 e. The Morgan fingerprint density at radius 1 is 1.23 bits per heavy atom. The summed E-state index contributed by atoms with van der Waals surface area (Å²) < 4.78 is 10.7. The van der Waals surface area contributed by atoms with Crippen molar-refractivity contribution >= 4 is 6.03 Å². The van der Waals surface area contributed by atoms with Crippen LogP contribution in [-0.2, 0) is 4.74 Å². The third kappa shape index (κ3) is 5.17. The first kappa shape index (κ1) is 19.1. The fourth-order valence-corrected chi connectivity index (χ4v) is 3.41. The minimum absolute atomic E-state index is 0.0406. The number of hydrogen-bond acceptors (Lipinski definition) is 6. The summed E-state index contributed by atoms with van der Waals surface area (Å²) in [4.78, 5) is 21.1. The van der Waals surface area contributed by atoms with Gasteiger partial charge in [0.25, 0.3) is 0 Å². The SMILES string of the molecule is CC(C)c1noc(C2CCN(C(=O)NCCCN3CCOCC3)CC2)n1. The van der Waals surface area contributed by atoms with Crippen molar-refractivity contribution in [3.05, 3.63) is 11.7 Å². The Morgan fingerprint density at radius 3 is 2.62 bits per heavy atom. The second-order valence-electron chi connectivity index (χ2n) is 7.45. The summed E-state index contributed by atoms with van der Waals surface area (Å²) in [6, 6.07) is 0.0406. The van der Waals surface area contributed by atoms with Gasteiger partial charge in [-0.15, -0.1) is 0 Å². The molecule has 3 heterocycles. The van der Waals surface area contributed by atoms with E-state index in [4.69, 9.17) is 9.26 Å². The standard InChI is InChI=1S/C18H31N5O3/c1-14(2)16-20-17(26-21-16)15-4-8-23(9-5-15)18(24)19-6-3-7-22-10-12-25-13-11-22/h14-15H,3-13H2,1-2H3,(H,19,24). The van der Waals surface area contributed by atoms with Crippen molar-refractivity contribution in [2.75, 3.05) is 52.5 Å². The van der Waals surface area contributed by atoms with Crippen LogP contribution in [0.1, 0.15) is 56.7 Å². The van der Waals surface area contributed by atoms with Gasteiger partial charge in [0.05, 0.1) is 13.2 Å². The molecule has 0 unspecified atom stereocenters. The van der Waals surface area contributed by atoms with Crippen molar-refractivity contribution in [3.63, 3.8) is 0 Å². The zero-order valence-corrected chi connectivity index (χ0v) is 15.9. The van der Waals surface area contributed by atoms with Gasteiger partial charge in [0.15, 0.2) is 5.82 Å². The first-order valence-corrected chi connectivity index (χ1v) is 9.80. The molecule has 2 saturated heterocycles. The molecule has 146 valence electrons. The van der Waals surface area contributed by atoms with Crippen molar-refractivity contribution in [3.8, 4) is 0 Å². The van der Waals surface area contributed by atoms with Crippen molar-refractivity contribution < 1.29 is 14.1 Å². The monoisotopic (exact) mass is 365 g/mol. The Balaban J connectivity index is 1.33. The number of hydrogen-bond donors (Lipinski definition) is 1. The van der Waals surface area contributed by atoms with Crippen LogP contribution in [0.2, 0.25) is 0 Å². The predicted molar refractivity (Wildman–Crippen MR) is 97.2 cm³/mol. The van der Waals surface area contributed by atoms with E-state index in [9.17, 15) is 4.79 Å². The fraction of sp³-hybridized carbons (Fsp3) is 0.833. The summed E-state index contributed by atoms with van der Waals surface area (Å²) in [5.41, 5.74) is 0. The van der Waals surface area contributed by atoms with E-state index in [-0.39, 0.29) is 17.9 Å². The van der Waals surface area contributed by atoms with Crippen LogP contribution in [0.4, 0.5) is 4.79 Å². The number of ether oxygens (including phenoxy) is 1. The number of rotatable bonds is 6. The van der Waals surface area contributed by atoms with Crippen LogP contribution in [0, 0.1) is 0 Å². The van der Waals surface area contributed by atoms with Gasteiger partial charge in [0, 0.05) is 44.6 Å². The third-order valence-electron chi connectivity index (χ3n) is 5.14. The maximum Gasteiger partial charge on any atom is 0.317 e. The Hall–Kier alpha value is -1.67. The molecule has 0 bridgehead atoms. The number of carbonyl (C=O) groups excluding carboxylic acids is 1. The highest BCUT2D eigenvalue weighted by atomic mass is 16.5. The summed E-state index contributed by atoms with van der Waals surface area (Å²) in [6.45, 7) is 10.9. The predicted octanol–water partition coefficient (Wildman–Crippen LogP) is 1.80. The molecular formula is C18H31N5O3. The van der Waals surface area contributed by atoms with E-state index in [2.05, 4.69) is 34.2 Å². The molecule has 2 amide bonds. The quantitative estimate of drug-likeness (QED) is 0.774. The molecule has 2 aliphatic heterocycles. The van der Waals surface area contributed by atoms with Crippen LogP contribution in [0.15, 0.2) is 4.52 Å². The van der Waals surface area contributed by atoms with E-state index in [0.29, 0.717) is 0 Å². The van der Waals surface area contributed by atoms with Gasteiger partial charge in [-0.1, -0.05) is 19.0 Å². The van der Waals surface area contributed by atoms with Crippen molar-refractivity contribution in [1.29, 1.82) is 0 Å². The van der Waals surface area contributed by atoms with E-state index in [1.807, 2.05) is 4.90 Å². The second-order valence-corrected chi connectivity index (χ2v) is 7.45. The van der Waals surface area contributed by atoms with E-state index in [0.717, 1.165) is 83.5 Å². The van der Waals surface area contributed by atoms with E-state index >= 15 is 0 Å². The Labute approximate surface area is 155 Å². The number of amides is 2. The minimum atomic E-state index is 0.0406. The van der Waals surface area contributed by atoms with Gasteiger partial charge < -0.3 is 19.5 Å². The maximum absolute atomic E-state index is 12.3. The average Bonchev–Trinajstić information content (AvgIpc) is 3.17. The lowest BCUT2D eigenvalue weighted by molar-refractivity contribution is 0.0375. The number of nitrogens with one attached hydrogen (secondary N) is 1. The molecule has 8 heteroatoms. The first-order valence-electron chi connectivity index (χ1n) is 9.80. The largest absolute Gasteiger partial charge is 0.379 e. The summed E-state index contributed by atoms with van der Waals surface area (Å²) >= 11 is 0. The molecule has 0 radical (unpaired) electrons. The van der Waals surface area contributed by atoms with Gasteiger partial charge in [0.1, 0.15) is 0 Å². The molecule has 0 atom stereocenters. The molecule has 0 aliphatic carbocycles. The summed E-state index contributed by atoms with van der Waals surface area (Å²) in [7, 11) is 0. The number of nitrogens with zero attached hydrogens (tertiary/aromatic N) is 4. The van der Waals surface area contributed by atoms with Crippen molar-refractivity contribution in [2.45, 2.75) is 44.9 Å². The maximum atomic E-state index is 12.3. The van der Waals surface area contributed by atoms with Crippen LogP contribution in [0.5, 0.6) is 0 Å². The van der Waals surface area contributed by atoms with E-state index in [1.54, 1.807) is 0 Å². The first-order chi connectivity index (χ1) is 12.6. The Morgan fingerprint density at radius 2 is 1.96 bits per heavy atom. The van der Waals surface area contributed by atoms with Gasteiger partial charge in [-0.3, -0.25) is 4.90 Å². The normalized spacial score (nSPS) is 19.9. The van der Waals surface area contributed by atoms with Crippen LogP contribution < -0.4 is 5.32 Å². The van der Waals surface area contributed by atoms with E-state index < -0.39 is 0 Å². The lowest BCUT2D eigenvalue weighted by Gasteiger charge is -2.30. The van der Waals surface area contributed by atoms with Gasteiger partial charge in [-0.05, 0) is 25.8 Å². The van der Waals surface area contributed by atoms with Crippen LogP contribution in [-0.4, -0.2) is 78.5 Å². The third-order valence-corrected chi connectivity index (χ3v) is 5.14. The highest BCUT2D eigenvalue weighted by Crippen LogP contribution is 2.27. The van der Waals surface area contributed by atoms with Gasteiger partial charge >= 0.3 is 6.03 Å². The molecule has 2 fully saturated rings. The van der Waals surface area contributed by atoms with Crippen LogP contribution in [0.25, 0.3) is 0 Å². The smallest absolute Gasteiger partial charge is 0.317 e. The number of likely N-dealkylation sites (tertiary alicyclic amines) is 1. The average molecular weight is 365 g/mol. The molecule has 0 spiro atoms. The second kappa shape index (κ2) is 9.32. The number of aromatic nitrogens is 2. The lowest BCUT2D eigenvalue weighted by Crippen LogP contribution is -2.45. The Kier molecular flexibility index (Phi) is 6.85. The highest BCUT2D eigenvalue weighted by molar-refractivity contribution is 5.74. The van der Waals surface area contributed by atoms with Gasteiger partial charge in [0.2, 0.25) is 5.89 Å². The van der Waals surface area contributed by atoms with Crippen LogP contribution >= 0.6 is 0 Å². The molecule has 0 saturated carbocycles. The highest BCUT2D eigenvalue weighted by Gasteiger charge is 2.27. The molecule has 8 nitrogen and oxygen atoms in total. The summed E-state index contributed by atoms with van der Waals surface area (Å²) in [5, 5.41) is 7.09. The molecule has 2 aliphatic rings. The molecule has 26 heavy (non-hydrogen) atoms. The van der Waals surface area contributed by atoms with Gasteiger partial charge in [-0.25, -0.2) is 4.79 Å². The van der Waals surface area contributed by atoms with E-state index in [1.165, 1.54) is 0 Å². The molecule has 0 aromatic carbocycles. The summed E-state index contributed by atoms with van der Waals surface area (Å²) in [6.07, 6.45) is 2.73. The zero-order valence-electron chi connectivity index (χ0n) is 15.9. The van der Waals surface area contributed by atoms with Crippen LogP contribution in [0.3, 0.4) is 0 Å². The number of morpholine rings is 1. The molecule has 1 N–H and O–H groups in total. The number of urea groups is 1. The Bertz CT molecular complexity index is 563. The number of piperidine rings is 1. The molecule has 1 aromatic rings. The van der Waals surface area contributed by atoms with Gasteiger partial charge in [-0.2, -0.15) is 4.98 Å². The lowest BCUT2D eigenvalue weighted by atomic mass is 9.97. The van der Waals surface area contributed by atoms with Crippen molar-refractivity contribution in [1.82, 2.24) is 25.3 Å². The fourth-order valence-electron chi connectivity index (χ4n) is 3.41. The van der Waals surface area contributed by atoms with Crippen molar-refractivity contribution in [2.24, 2.45) is 0 Å².